The quantitative estimate of drug-likeness (QED) is 0.139. The molecule has 2 N–H and O–H groups in total. The van der Waals surface area contributed by atoms with Gasteiger partial charge in [0.25, 0.3) is 0 Å². The Kier molecular flexibility index (Phi) is 16.2. The van der Waals surface area contributed by atoms with Crippen molar-refractivity contribution in [1.82, 2.24) is 10.6 Å². The van der Waals surface area contributed by atoms with Crippen molar-refractivity contribution in [2.45, 2.75) is 139 Å². The van der Waals surface area contributed by atoms with E-state index in [0.717, 1.165) is 43.3 Å². The van der Waals surface area contributed by atoms with Crippen molar-refractivity contribution in [3.63, 3.8) is 0 Å². The maximum absolute atomic E-state index is 13.7. The van der Waals surface area contributed by atoms with Crippen LogP contribution in [0.4, 0.5) is 0 Å². The monoisotopic (exact) mass is 847 g/mol. The number of hydrogen-bond donors (Lipinski definition) is 3. The zero-order valence-electron chi connectivity index (χ0n) is 38.4. The lowest BCUT2D eigenvalue weighted by Crippen LogP contribution is -2.55. The normalized spacial score (nSPS) is 33.2. The van der Waals surface area contributed by atoms with Crippen LogP contribution >= 0.6 is 12.6 Å². The van der Waals surface area contributed by atoms with Crippen molar-refractivity contribution < 1.29 is 33.5 Å². The van der Waals surface area contributed by atoms with Crippen LogP contribution in [0.25, 0.3) is 0 Å². The number of fused-ring (bicyclic) bond motifs is 6. The molecule has 0 bridgehead atoms. The lowest BCUT2D eigenvalue weighted by atomic mass is 9.47. The Bertz CT molecular complexity index is 1820. The summed E-state index contributed by atoms with van der Waals surface area (Å²) in [4.78, 5) is 76.4. The molecule has 0 aromatic carbocycles. The molecule has 10 atom stereocenters. The molecule has 0 aliphatic heterocycles. The van der Waals surface area contributed by atoms with E-state index in [0.29, 0.717) is 36.9 Å². The predicted octanol–water partition coefficient (Wildman–Crippen LogP) is 8.74. The van der Waals surface area contributed by atoms with E-state index in [1.165, 1.54) is 5.57 Å². The first kappa shape index (κ1) is 49.3. The van der Waals surface area contributed by atoms with E-state index in [4.69, 9.17) is 4.74 Å². The molecule has 6 aliphatic carbocycles. The molecule has 10 heteroatoms. The highest BCUT2D eigenvalue weighted by atomic mass is 32.1. The molecule has 0 saturated heterocycles. The second kappa shape index (κ2) is 19.8. The van der Waals surface area contributed by atoms with Gasteiger partial charge in [-0.15, -0.1) is 0 Å². The van der Waals surface area contributed by atoms with E-state index in [9.17, 15) is 28.8 Å². The average Bonchev–Trinajstić information content (AvgIpc) is 3.52. The number of rotatable bonds is 11. The number of hydrogen-bond acceptors (Lipinski definition) is 9. The van der Waals surface area contributed by atoms with Gasteiger partial charge in [0.15, 0.2) is 11.6 Å². The van der Waals surface area contributed by atoms with E-state index in [1.807, 2.05) is 40.7 Å². The van der Waals surface area contributed by atoms with Crippen molar-refractivity contribution in [1.29, 1.82) is 0 Å². The maximum atomic E-state index is 13.7. The molecule has 1 amide bonds. The van der Waals surface area contributed by atoms with Gasteiger partial charge in [0.1, 0.15) is 24.7 Å². The Labute approximate surface area is 365 Å². The molecular formula is C50H74N2O7S. The molecular weight excluding hydrogens is 773 g/mol. The Balaban J connectivity index is 0.000000316. The summed E-state index contributed by atoms with van der Waals surface area (Å²) in [7, 11) is 0. The summed E-state index contributed by atoms with van der Waals surface area (Å²) >= 11 is 4.21. The summed E-state index contributed by atoms with van der Waals surface area (Å²) in [5.41, 5.74) is 2.23. The molecule has 4 saturated carbocycles. The summed E-state index contributed by atoms with van der Waals surface area (Å²) in [5, 5.41) is 5.70. The van der Waals surface area contributed by atoms with Crippen molar-refractivity contribution >= 4 is 47.6 Å². The zero-order valence-corrected chi connectivity index (χ0v) is 39.3. The highest BCUT2D eigenvalue weighted by molar-refractivity contribution is 7.80. The number of amides is 1. The fourth-order valence-corrected chi connectivity index (χ4v) is 11.9. The fourth-order valence-electron chi connectivity index (χ4n) is 11.6. The van der Waals surface area contributed by atoms with Crippen LogP contribution in [0.5, 0.6) is 0 Å². The van der Waals surface area contributed by atoms with Gasteiger partial charge in [-0.2, -0.15) is 12.6 Å². The van der Waals surface area contributed by atoms with Crippen molar-refractivity contribution in [2.75, 3.05) is 18.9 Å². The lowest BCUT2D eigenvalue weighted by Gasteiger charge is -2.55. The van der Waals surface area contributed by atoms with Crippen LogP contribution in [0, 0.1) is 57.7 Å². The molecule has 6 aliphatic rings. The molecule has 9 nitrogen and oxygen atoms in total. The van der Waals surface area contributed by atoms with Crippen molar-refractivity contribution in [2.24, 2.45) is 57.7 Å². The van der Waals surface area contributed by atoms with Gasteiger partial charge >= 0.3 is 5.97 Å². The minimum absolute atomic E-state index is 0.0160. The van der Waals surface area contributed by atoms with Gasteiger partial charge in [0, 0.05) is 52.7 Å². The SMILES string of the molecule is C=C1C=CC2(C)C(=C1)CCC(C)C2C(=O)CC(C)C.CC.CC(C)(C)NC(CS)C(=O)NCC(=O)OCC(=O)C1CCC2C3CCC4=CC(=O)C=CC4(C)C3C(=O)CC12C. The number of Topliss-reactive ketones (excluding diaryl/α,β-unsaturated/α-hetero) is 3. The number of ketones is 4. The molecule has 0 aromatic rings. The van der Waals surface area contributed by atoms with Crippen LogP contribution in [0.15, 0.2) is 59.8 Å². The Hall–Kier alpha value is -3.37. The van der Waals surface area contributed by atoms with Gasteiger partial charge < -0.3 is 15.4 Å². The Morgan fingerprint density at radius 1 is 0.917 bits per heavy atom. The van der Waals surface area contributed by atoms with Crippen molar-refractivity contribution in [3.05, 3.63) is 59.8 Å². The third-order valence-corrected chi connectivity index (χ3v) is 14.6. The predicted molar refractivity (Wildman–Crippen MR) is 242 cm³/mol. The largest absolute Gasteiger partial charge is 0.456 e. The molecule has 6 rings (SSSR count). The molecule has 0 spiro atoms. The summed E-state index contributed by atoms with van der Waals surface area (Å²) in [6.45, 7) is 26.0. The first-order valence-corrected chi connectivity index (χ1v) is 23.1. The van der Waals surface area contributed by atoms with Gasteiger partial charge in [-0.3, -0.25) is 28.8 Å². The lowest BCUT2D eigenvalue weighted by molar-refractivity contribution is -0.153. The minimum atomic E-state index is -0.678. The molecule has 0 heterocycles. The Morgan fingerprint density at radius 3 is 2.18 bits per heavy atom. The highest BCUT2D eigenvalue weighted by Crippen LogP contribution is 2.65. The number of carbonyl (C=O) groups excluding carboxylic acids is 6. The molecule has 4 fully saturated rings. The first-order chi connectivity index (χ1) is 28.0. The number of thiol groups is 1. The van der Waals surface area contributed by atoms with Crippen LogP contribution in [0.3, 0.4) is 0 Å². The first-order valence-electron chi connectivity index (χ1n) is 22.5. The second-order valence-corrected chi connectivity index (χ2v) is 20.5. The van der Waals surface area contributed by atoms with E-state index in [1.54, 1.807) is 12.2 Å². The maximum Gasteiger partial charge on any atom is 0.325 e. The molecule has 332 valence electrons. The Morgan fingerprint density at radius 2 is 1.55 bits per heavy atom. The number of esters is 1. The summed E-state index contributed by atoms with van der Waals surface area (Å²) in [5.74, 6) is 0.557. The number of nitrogens with one attached hydrogen (secondary N) is 2. The van der Waals surface area contributed by atoms with Gasteiger partial charge in [-0.1, -0.05) is 97.4 Å². The van der Waals surface area contributed by atoms with Crippen molar-refractivity contribution in [3.8, 4) is 0 Å². The van der Waals surface area contributed by atoms with Gasteiger partial charge in [-0.25, -0.2) is 0 Å². The molecule has 0 radical (unpaired) electrons. The minimum Gasteiger partial charge on any atom is -0.456 e. The van der Waals surface area contributed by atoms with Crippen LogP contribution in [-0.4, -0.2) is 65.5 Å². The molecule has 10 unspecified atom stereocenters. The van der Waals surface area contributed by atoms with E-state index < -0.39 is 22.8 Å². The summed E-state index contributed by atoms with van der Waals surface area (Å²) in [6.07, 6.45) is 18.1. The smallest absolute Gasteiger partial charge is 0.325 e. The van der Waals surface area contributed by atoms with E-state index in [-0.39, 0.29) is 82.7 Å². The number of ether oxygens (including phenoxy) is 1. The standard InChI is InChI=1S/C30H42N2O6S.C18H26O.C2H6/c1-28(2,3)32-22(16-39)27(37)31-14-25(36)38-15-24(35)21-9-8-20-19-7-6-17-12-18(33)10-11-29(17,4)26(19)23(34)13-30(20,21)5;1-12(2)10-16(19)17-14(4)6-7-15-11-13(3)8-9-18(15,17)5;1-2/h10-12,19-22,26,32,39H,6-9,13-16H2,1-5H3,(H,31,37);8-9,11-12,14,17H,3,6-7,10H2,1-2,4-5H3;1-2H3. The third-order valence-electron chi connectivity index (χ3n) is 14.3. The summed E-state index contributed by atoms with van der Waals surface area (Å²) < 4.78 is 5.26. The van der Waals surface area contributed by atoms with Crippen LogP contribution in [-0.2, 0) is 33.5 Å². The van der Waals surface area contributed by atoms with Crippen LogP contribution < -0.4 is 10.6 Å². The molecule has 60 heavy (non-hydrogen) atoms. The molecule has 0 aromatic heterocycles. The van der Waals surface area contributed by atoms with Crippen LogP contribution in [0.1, 0.15) is 128 Å². The number of allylic oxidation sites excluding steroid dienone is 9. The number of carbonyl (C=O) groups is 6. The highest BCUT2D eigenvalue weighted by Gasteiger charge is 2.62. The van der Waals surface area contributed by atoms with Gasteiger partial charge in [-0.05, 0) is 106 Å². The third kappa shape index (κ3) is 10.6. The van der Waals surface area contributed by atoms with E-state index >= 15 is 0 Å². The second-order valence-electron chi connectivity index (χ2n) is 20.1. The van der Waals surface area contributed by atoms with Crippen LogP contribution in [0.2, 0.25) is 0 Å². The summed E-state index contributed by atoms with van der Waals surface area (Å²) in [6, 6.07) is -0.566. The fraction of sp³-hybridized carbons (Fsp3) is 0.680. The average molecular weight is 847 g/mol. The van der Waals surface area contributed by atoms with Gasteiger partial charge in [0.05, 0.1) is 6.04 Å². The topological polar surface area (TPSA) is 136 Å². The van der Waals surface area contributed by atoms with Gasteiger partial charge in [0.2, 0.25) is 5.91 Å². The van der Waals surface area contributed by atoms with E-state index in [2.05, 4.69) is 89.6 Å². The zero-order chi connectivity index (χ0) is 45.0.